The first-order chi connectivity index (χ1) is 33.2. The highest BCUT2D eigenvalue weighted by Crippen LogP contribution is 2.52. The van der Waals surface area contributed by atoms with Gasteiger partial charge >= 0.3 is 0 Å². The molecule has 0 fully saturated rings. The average Bonchev–Trinajstić information content (AvgIpc) is 3.89. The Hall–Kier alpha value is -6.59. The molecule has 0 aliphatic carbocycles. The van der Waals surface area contributed by atoms with Gasteiger partial charge in [0.05, 0.1) is 29.1 Å². The van der Waals surface area contributed by atoms with Gasteiger partial charge in [-0.3, -0.25) is 4.57 Å². The third kappa shape index (κ3) is 9.41. The van der Waals surface area contributed by atoms with Crippen LogP contribution >= 0.6 is 0 Å². The number of pyridine rings is 1. The molecule has 71 heavy (non-hydrogen) atoms. The quantitative estimate of drug-likeness (QED) is 0.144. The summed E-state index contributed by atoms with van der Waals surface area (Å²) in [7, 11) is 0. The highest BCUT2D eigenvalue weighted by atomic mass is 16.5. The van der Waals surface area contributed by atoms with Crippen LogP contribution in [0.2, 0.25) is 0 Å². The number of ether oxygens (including phenoxy) is 1. The SMILES string of the molecule is CC(C)(C)c1cc(Oc2ccc3c4ccccc4n(-c4cc(C(C)(C)C)ccn4)c3c2)cc(N2CN(c3cc(C(C)(C)C)cc(C(C)(C)C)c3)C(C(C)(C)c3ccccc3)=C2C(C)(C)c2ccccc2)c1. The molecular weight excluding hydrogens is 865 g/mol. The van der Waals surface area contributed by atoms with Crippen molar-refractivity contribution >= 4 is 33.2 Å². The molecule has 0 unspecified atom stereocenters. The number of anilines is 2. The van der Waals surface area contributed by atoms with Crippen molar-refractivity contribution in [2.24, 2.45) is 0 Å². The van der Waals surface area contributed by atoms with E-state index in [1.165, 1.54) is 55.8 Å². The maximum absolute atomic E-state index is 7.18. The van der Waals surface area contributed by atoms with Crippen LogP contribution in [-0.4, -0.2) is 16.2 Å². The van der Waals surface area contributed by atoms with E-state index in [4.69, 9.17) is 9.72 Å². The van der Waals surface area contributed by atoms with Gasteiger partial charge in [0.15, 0.2) is 0 Å². The minimum atomic E-state index is -0.429. The Morgan fingerprint density at radius 1 is 0.380 bits per heavy atom. The molecule has 5 heteroatoms. The molecule has 0 radical (unpaired) electrons. The molecule has 3 heterocycles. The normalized spacial score (nSPS) is 14.3. The second-order valence-electron chi connectivity index (χ2n) is 25.2. The van der Waals surface area contributed by atoms with E-state index in [9.17, 15) is 0 Å². The Morgan fingerprint density at radius 2 is 0.845 bits per heavy atom. The number of hydrogen-bond acceptors (Lipinski definition) is 4. The van der Waals surface area contributed by atoms with Gasteiger partial charge in [-0.2, -0.15) is 0 Å². The fourth-order valence-corrected chi connectivity index (χ4v) is 10.5. The lowest BCUT2D eigenvalue weighted by Gasteiger charge is -2.39. The highest BCUT2D eigenvalue weighted by Gasteiger charge is 2.47. The predicted molar refractivity (Wildman–Crippen MR) is 302 cm³/mol. The first-order valence-corrected chi connectivity index (χ1v) is 25.6. The summed E-state index contributed by atoms with van der Waals surface area (Å²) in [4.78, 5) is 10.2. The second kappa shape index (κ2) is 17.6. The smallest absolute Gasteiger partial charge is 0.137 e. The first kappa shape index (κ1) is 49.4. The van der Waals surface area contributed by atoms with Crippen LogP contribution in [0, 0.1) is 0 Å². The fraction of sp³-hybridized carbons (Fsp3) is 0.348. The second-order valence-corrected chi connectivity index (χ2v) is 25.2. The Bertz CT molecular complexity index is 3260. The van der Waals surface area contributed by atoms with E-state index < -0.39 is 10.8 Å². The number of benzene rings is 6. The zero-order valence-electron chi connectivity index (χ0n) is 45.4. The van der Waals surface area contributed by atoms with Gasteiger partial charge in [0.25, 0.3) is 0 Å². The zero-order valence-corrected chi connectivity index (χ0v) is 45.4. The number of aromatic nitrogens is 2. The molecule has 0 saturated heterocycles. The average molecular weight is 941 g/mol. The molecule has 0 saturated carbocycles. The molecule has 0 amide bonds. The van der Waals surface area contributed by atoms with Crippen molar-refractivity contribution in [3.63, 3.8) is 0 Å². The van der Waals surface area contributed by atoms with E-state index in [1.54, 1.807) is 0 Å². The van der Waals surface area contributed by atoms with Gasteiger partial charge in [0.1, 0.15) is 17.3 Å². The molecule has 1 aliphatic heterocycles. The lowest BCUT2D eigenvalue weighted by atomic mass is 9.73. The van der Waals surface area contributed by atoms with Crippen molar-refractivity contribution in [1.29, 1.82) is 0 Å². The number of para-hydroxylation sites is 1. The van der Waals surface area contributed by atoms with Crippen molar-refractivity contribution in [2.75, 3.05) is 16.5 Å². The molecule has 0 bridgehead atoms. The van der Waals surface area contributed by atoms with Crippen LogP contribution in [0.3, 0.4) is 0 Å². The van der Waals surface area contributed by atoms with Crippen LogP contribution in [0.15, 0.2) is 169 Å². The summed E-state index contributed by atoms with van der Waals surface area (Å²) in [6, 6.07) is 56.0. The van der Waals surface area contributed by atoms with Crippen LogP contribution in [0.1, 0.15) is 144 Å². The Kier molecular flexibility index (Phi) is 12.3. The van der Waals surface area contributed by atoms with Gasteiger partial charge < -0.3 is 14.5 Å². The number of nitrogens with zero attached hydrogens (tertiary/aromatic N) is 4. The molecule has 6 aromatic carbocycles. The topological polar surface area (TPSA) is 33.5 Å². The summed E-state index contributed by atoms with van der Waals surface area (Å²) >= 11 is 0. The number of hydrogen-bond donors (Lipinski definition) is 0. The van der Waals surface area contributed by atoms with Crippen molar-refractivity contribution in [2.45, 2.75) is 143 Å². The van der Waals surface area contributed by atoms with Crippen LogP contribution in [0.25, 0.3) is 27.6 Å². The molecule has 9 rings (SSSR count). The summed E-state index contributed by atoms with van der Waals surface area (Å²) in [5, 5.41) is 2.35. The summed E-state index contributed by atoms with van der Waals surface area (Å²) in [5.74, 6) is 2.47. The monoisotopic (exact) mass is 941 g/mol. The Morgan fingerprint density at radius 3 is 1.37 bits per heavy atom. The van der Waals surface area contributed by atoms with Gasteiger partial charge in [-0.25, -0.2) is 4.98 Å². The Balaban J connectivity index is 1.27. The number of fused-ring (bicyclic) bond motifs is 3. The molecule has 8 aromatic rings. The van der Waals surface area contributed by atoms with E-state index in [0.29, 0.717) is 6.67 Å². The third-order valence-corrected chi connectivity index (χ3v) is 15.0. The van der Waals surface area contributed by atoms with Crippen molar-refractivity contribution in [3.05, 3.63) is 203 Å². The standard InChI is InChI=1S/C66H76N4O/c1-61(2,3)46-33-34-67-58(40-46)70-56-30-24-23-29-54(56)55-32-31-52(42-57(55)70)71-53-39-49(64(10,11)12)38-51(41-53)69-43-68(50-36-47(62(4,5)6)35-48(37-50)63(7,8)9)59(65(13,14)44-25-19-17-20-26-44)60(69)66(15,16)45-27-21-18-22-28-45/h17-42H,43H2,1-16H3. The van der Waals surface area contributed by atoms with Crippen molar-refractivity contribution < 1.29 is 4.74 Å². The highest BCUT2D eigenvalue weighted by molar-refractivity contribution is 6.09. The van der Waals surface area contributed by atoms with Crippen LogP contribution in [0.4, 0.5) is 11.4 Å². The van der Waals surface area contributed by atoms with Crippen LogP contribution in [-0.2, 0) is 32.5 Å². The van der Waals surface area contributed by atoms with E-state index >= 15 is 0 Å². The fourth-order valence-electron chi connectivity index (χ4n) is 10.5. The molecule has 0 spiro atoms. The van der Waals surface area contributed by atoms with E-state index in [1.807, 2.05) is 6.20 Å². The first-order valence-electron chi connectivity index (χ1n) is 25.6. The van der Waals surface area contributed by atoms with Crippen LogP contribution < -0.4 is 14.5 Å². The van der Waals surface area contributed by atoms with E-state index in [2.05, 4.69) is 277 Å². The van der Waals surface area contributed by atoms with Gasteiger partial charge in [0, 0.05) is 51.3 Å². The summed E-state index contributed by atoms with van der Waals surface area (Å²) < 4.78 is 9.48. The molecule has 1 aliphatic rings. The van der Waals surface area contributed by atoms with Gasteiger partial charge in [-0.1, -0.05) is 196 Å². The van der Waals surface area contributed by atoms with Gasteiger partial charge in [-0.05, 0) is 110 Å². The minimum Gasteiger partial charge on any atom is -0.457 e. The minimum absolute atomic E-state index is 0.0257. The Labute approximate surface area is 425 Å². The summed E-state index contributed by atoms with van der Waals surface area (Å²) in [6.45, 7) is 37.9. The molecular formula is C66H76N4O. The molecule has 0 atom stereocenters. The van der Waals surface area contributed by atoms with Crippen molar-refractivity contribution in [3.8, 4) is 17.3 Å². The molecule has 5 nitrogen and oxygen atoms in total. The molecule has 2 aromatic heterocycles. The maximum Gasteiger partial charge on any atom is 0.137 e. The summed E-state index contributed by atoms with van der Waals surface area (Å²) in [6.07, 6.45) is 1.94. The summed E-state index contributed by atoms with van der Waals surface area (Å²) in [5.41, 5.74) is 13.5. The van der Waals surface area contributed by atoms with Gasteiger partial charge in [-0.15, -0.1) is 0 Å². The largest absolute Gasteiger partial charge is 0.457 e. The predicted octanol–water partition coefficient (Wildman–Crippen LogP) is 17.6. The van der Waals surface area contributed by atoms with Gasteiger partial charge in [0.2, 0.25) is 0 Å². The lowest BCUT2D eigenvalue weighted by molar-refractivity contribution is 0.479. The van der Waals surface area contributed by atoms with E-state index in [-0.39, 0.29) is 21.7 Å². The lowest BCUT2D eigenvalue weighted by Crippen LogP contribution is -2.35. The van der Waals surface area contributed by atoms with E-state index in [0.717, 1.165) is 39.4 Å². The van der Waals surface area contributed by atoms with Crippen molar-refractivity contribution in [1.82, 2.24) is 9.55 Å². The third-order valence-electron chi connectivity index (χ3n) is 15.0. The molecule has 0 N–H and O–H groups in total. The number of rotatable bonds is 9. The zero-order chi connectivity index (χ0) is 51.1. The maximum atomic E-state index is 7.18. The molecule has 366 valence electrons. The van der Waals surface area contributed by atoms with Crippen LogP contribution in [0.5, 0.6) is 11.5 Å². The number of allylic oxidation sites excluding steroid dienone is 2.